The quantitative estimate of drug-likeness (QED) is 0.585. The molecule has 1 heterocycles. The fourth-order valence-electron chi connectivity index (χ4n) is 1.54. The van der Waals surface area contributed by atoms with Crippen molar-refractivity contribution in [3.05, 3.63) is 58.9 Å². The molecule has 0 unspecified atom stereocenters. The van der Waals surface area contributed by atoms with E-state index in [1.165, 1.54) is 6.07 Å². The number of nitro groups is 1. The van der Waals surface area contributed by atoms with Gasteiger partial charge in [0.1, 0.15) is 5.69 Å². The summed E-state index contributed by atoms with van der Waals surface area (Å²) in [5.74, 6) is 0. The Morgan fingerprint density at radius 2 is 1.81 bits per heavy atom. The van der Waals surface area contributed by atoms with Gasteiger partial charge < -0.3 is 0 Å². The van der Waals surface area contributed by atoms with Gasteiger partial charge in [-0.3, -0.25) is 19.8 Å². The van der Waals surface area contributed by atoms with Crippen molar-refractivity contribution in [2.24, 2.45) is 0 Å². The summed E-state index contributed by atoms with van der Waals surface area (Å²) in [4.78, 5) is 10.5. The van der Waals surface area contributed by atoms with Gasteiger partial charge in [-0.2, -0.15) is 0 Å². The van der Waals surface area contributed by atoms with Gasteiger partial charge in [0.15, 0.2) is 0 Å². The molecule has 0 bridgehead atoms. The summed E-state index contributed by atoms with van der Waals surface area (Å²) in [6.07, 6.45) is 3.66. The van der Waals surface area contributed by atoms with Crippen molar-refractivity contribution in [3.63, 3.8) is 0 Å². The highest BCUT2D eigenvalue weighted by Crippen LogP contribution is 2.26. The van der Waals surface area contributed by atoms with E-state index in [1.54, 1.807) is 34.9 Å². The van der Waals surface area contributed by atoms with Crippen molar-refractivity contribution in [2.45, 2.75) is 0 Å². The lowest BCUT2D eigenvalue weighted by Gasteiger charge is -2.20. The molecule has 0 saturated carbocycles. The van der Waals surface area contributed by atoms with Crippen molar-refractivity contribution in [3.8, 4) is 0 Å². The van der Waals surface area contributed by atoms with E-state index in [1.807, 2.05) is 24.5 Å². The summed E-state index contributed by atoms with van der Waals surface area (Å²) in [5.41, 5.74) is 0.655. The Morgan fingerprint density at radius 1 is 1.19 bits per heavy atom. The molecule has 0 radical (unpaired) electrons. The molecular weight excluding hydrogens is 206 g/mol. The Bertz CT molecular complexity index is 494. The zero-order valence-electron chi connectivity index (χ0n) is 8.78. The normalized spacial score (nSPS) is 10.1. The highest BCUT2D eigenvalue weighted by molar-refractivity contribution is 5.62. The molecule has 5 nitrogen and oxygen atoms in total. The minimum absolute atomic E-state index is 0.0960. The minimum Gasteiger partial charge on any atom is -0.278 e. The molecule has 0 aliphatic carbocycles. The van der Waals surface area contributed by atoms with E-state index in [2.05, 4.69) is 0 Å². The van der Waals surface area contributed by atoms with Gasteiger partial charge in [-0.1, -0.05) is 12.1 Å². The average Bonchev–Trinajstić information content (AvgIpc) is 2.81. The van der Waals surface area contributed by atoms with Crippen LogP contribution in [0.3, 0.4) is 0 Å². The molecule has 2 aromatic rings. The Labute approximate surface area is 92.7 Å². The van der Waals surface area contributed by atoms with Gasteiger partial charge in [-0.15, -0.1) is 0 Å². The van der Waals surface area contributed by atoms with Crippen LogP contribution < -0.4 is 5.01 Å². The van der Waals surface area contributed by atoms with Gasteiger partial charge in [0, 0.05) is 25.5 Å². The number of rotatable bonds is 3. The fourth-order valence-corrected chi connectivity index (χ4v) is 1.54. The molecular formula is C11H11N3O2. The standard InChI is InChI=1S/C11H11N3O2/c1-12(13-8-4-5-9-13)10-6-2-3-7-11(10)14(15)16/h2-9H,1H3. The third kappa shape index (κ3) is 1.75. The number of hydrogen-bond acceptors (Lipinski definition) is 3. The summed E-state index contributed by atoms with van der Waals surface area (Å²) in [6, 6.07) is 10.4. The lowest BCUT2D eigenvalue weighted by Crippen LogP contribution is -2.23. The Morgan fingerprint density at radius 3 is 2.44 bits per heavy atom. The summed E-state index contributed by atoms with van der Waals surface area (Å²) >= 11 is 0. The first kappa shape index (κ1) is 10.2. The van der Waals surface area contributed by atoms with Gasteiger partial charge in [0.2, 0.25) is 0 Å². The summed E-state index contributed by atoms with van der Waals surface area (Å²) in [5, 5.41) is 12.6. The Balaban J connectivity index is 2.44. The SMILES string of the molecule is CN(c1ccccc1[N+](=O)[O-])n1cccc1. The van der Waals surface area contributed by atoms with E-state index < -0.39 is 0 Å². The molecule has 5 heteroatoms. The first-order valence-corrected chi connectivity index (χ1v) is 4.80. The second kappa shape index (κ2) is 4.06. The van der Waals surface area contributed by atoms with Crippen LogP contribution in [0.15, 0.2) is 48.8 Å². The minimum atomic E-state index is -0.380. The van der Waals surface area contributed by atoms with Crippen molar-refractivity contribution in [1.82, 2.24) is 4.68 Å². The largest absolute Gasteiger partial charge is 0.294 e. The van der Waals surface area contributed by atoms with Crippen molar-refractivity contribution in [2.75, 3.05) is 12.1 Å². The average molecular weight is 217 g/mol. The maximum Gasteiger partial charge on any atom is 0.294 e. The second-order valence-corrected chi connectivity index (χ2v) is 3.33. The van der Waals surface area contributed by atoms with Crippen LogP contribution in [0, 0.1) is 10.1 Å². The van der Waals surface area contributed by atoms with Crippen LogP contribution in [0.5, 0.6) is 0 Å². The van der Waals surface area contributed by atoms with Crippen LogP contribution in [0.1, 0.15) is 0 Å². The van der Waals surface area contributed by atoms with Gasteiger partial charge in [-0.25, -0.2) is 0 Å². The first-order valence-electron chi connectivity index (χ1n) is 4.80. The lowest BCUT2D eigenvalue weighted by molar-refractivity contribution is -0.384. The van der Waals surface area contributed by atoms with Gasteiger partial charge in [0.25, 0.3) is 5.69 Å². The predicted molar refractivity (Wildman–Crippen MR) is 61.3 cm³/mol. The van der Waals surface area contributed by atoms with Crippen LogP contribution in [0.2, 0.25) is 0 Å². The molecule has 82 valence electrons. The van der Waals surface area contributed by atoms with Crippen LogP contribution in [0.4, 0.5) is 11.4 Å². The van der Waals surface area contributed by atoms with E-state index in [0.717, 1.165) is 0 Å². The molecule has 0 amide bonds. The van der Waals surface area contributed by atoms with E-state index in [-0.39, 0.29) is 10.6 Å². The monoisotopic (exact) mass is 217 g/mol. The van der Waals surface area contributed by atoms with Crippen molar-refractivity contribution in [1.29, 1.82) is 0 Å². The maximum atomic E-state index is 10.9. The van der Waals surface area contributed by atoms with Crippen molar-refractivity contribution >= 4 is 11.4 Å². The first-order chi connectivity index (χ1) is 7.70. The molecule has 0 fully saturated rings. The Kier molecular flexibility index (Phi) is 2.59. The van der Waals surface area contributed by atoms with Gasteiger partial charge in [0.05, 0.1) is 4.92 Å². The molecule has 0 aliphatic heterocycles. The molecule has 1 aromatic carbocycles. The zero-order chi connectivity index (χ0) is 11.5. The zero-order valence-corrected chi connectivity index (χ0v) is 8.78. The number of benzene rings is 1. The number of para-hydroxylation sites is 2. The molecule has 1 aromatic heterocycles. The van der Waals surface area contributed by atoms with Gasteiger partial charge >= 0.3 is 0 Å². The molecule has 0 aliphatic rings. The summed E-state index contributed by atoms with van der Waals surface area (Å²) in [7, 11) is 1.78. The van der Waals surface area contributed by atoms with E-state index in [4.69, 9.17) is 0 Å². The van der Waals surface area contributed by atoms with E-state index >= 15 is 0 Å². The molecule has 2 rings (SSSR count). The molecule has 0 saturated heterocycles. The molecule has 0 atom stereocenters. The Hall–Kier alpha value is -2.30. The van der Waals surface area contributed by atoms with Crippen molar-refractivity contribution < 1.29 is 4.92 Å². The van der Waals surface area contributed by atoms with Crippen LogP contribution in [0.25, 0.3) is 0 Å². The second-order valence-electron chi connectivity index (χ2n) is 3.33. The highest BCUT2D eigenvalue weighted by atomic mass is 16.6. The molecule has 0 N–H and O–H groups in total. The van der Waals surface area contributed by atoms with Crippen LogP contribution in [-0.2, 0) is 0 Å². The third-order valence-electron chi connectivity index (χ3n) is 2.36. The number of nitro benzene ring substituents is 1. The summed E-state index contributed by atoms with van der Waals surface area (Å²) < 4.78 is 1.78. The summed E-state index contributed by atoms with van der Waals surface area (Å²) in [6.45, 7) is 0. The van der Waals surface area contributed by atoms with E-state index in [9.17, 15) is 10.1 Å². The number of aromatic nitrogens is 1. The van der Waals surface area contributed by atoms with Gasteiger partial charge in [-0.05, 0) is 18.2 Å². The fraction of sp³-hybridized carbons (Fsp3) is 0.0909. The molecule has 0 spiro atoms. The number of nitrogens with zero attached hydrogens (tertiary/aromatic N) is 3. The smallest absolute Gasteiger partial charge is 0.278 e. The highest BCUT2D eigenvalue weighted by Gasteiger charge is 2.16. The topological polar surface area (TPSA) is 51.3 Å². The van der Waals surface area contributed by atoms with Crippen LogP contribution >= 0.6 is 0 Å². The third-order valence-corrected chi connectivity index (χ3v) is 2.36. The van der Waals surface area contributed by atoms with E-state index in [0.29, 0.717) is 5.69 Å². The molecule has 16 heavy (non-hydrogen) atoms. The van der Waals surface area contributed by atoms with Crippen LogP contribution in [-0.4, -0.2) is 16.6 Å². The predicted octanol–water partition coefficient (Wildman–Crippen LogP) is 2.30. The number of hydrogen-bond donors (Lipinski definition) is 0. The number of anilines is 1. The lowest BCUT2D eigenvalue weighted by atomic mass is 10.2. The maximum absolute atomic E-state index is 10.9.